The van der Waals surface area contributed by atoms with Crippen LogP contribution in [0.25, 0.3) is 0 Å². The zero-order valence-electron chi connectivity index (χ0n) is 34.2. The molecule has 3 aromatic rings. The Bertz CT molecular complexity index is 2060. The molecule has 0 atom stereocenters. The molecule has 2 aliphatic rings. The lowest BCUT2D eigenvalue weighted by atomic mass is 10.1. The van der Waals surface area contributed by atoms with Crippen LogP contribution in [0.1, 0.15) is 111 Å². The fraction of sp³-hybridized carbons (Fsp3) is 0.381. The van der Waals surface area contributed by atoms with Gasteiger partial charge in [0.1, 0.15) is 17.6 Å². The number of esters is 3. The molecule has 0 fully saturated rings. The average Bonchev–Trinajstić information content (AvgIpc) is 3.62. The number of aromatic nitrogens is 2. The summed E-state index contributed by atoms with van der Waals surface area (Å²) in [7, 11) is 0. The van der Waals surface area contributed by atoms with Crippen molar-refractivity contribution in [3.63, 3.8) is 0 Å². The van der Waals surface area contributed by atoms with E-state index in [1.165, 1.54) is 16.0 Å². The molecule has 0 radical (unpaired) electrons. The number of nitrogens with one attached hydrogen (secondary N) is 2. The number of H-pyrrole nitrogens is 1. The Morgan fingerprint density at radius 2 is 1.10 bits per heavy atom. The molecule has 0 saturated heterocycles. The van der Waals surface area contributed by atoms with Crippen molar-refractivity contribution in [1.29, 1.82) is 5.41 Å². The molecule has 0 spiro atoms. The highest BCUT2D eigenvalue weighted by atomic mass is 16.6. The van der Waals surface area contributed by atoms with E-state index in [2.05, 4.69) is 19.4 Å². The largest absolute Gasteiger partial charge is 0.500 e. The number of aromatic amines is 1. The summed E-state index contributed by atoms with van der Waals surface area (Å²) in [5.41, 5.74) is 0.788. The second kappa shape index (κ2) is 24.1. The highest BCUT2D eigenvalue weighted by molar-refractivity contribution is 6.22. The van der Waals surface area contributed by atoms with Gasteiger partial charge in [-0.15, -0.1) is 0 Å². The number of ether oxygens (including phenoxy) is 5. The van der Waals surface area contributed by atoms with E-state index in [0.717, 1.165) is 6.26 Å². The van der Waals surface area contributed by atoms with Crippen molar-refractivity contribution in [2.24, 2.45) is 0 Å². The Morgan fingerprint density at radius 3 is 1.52 bits per heavy atom. The maximum Gasteiger partial charge on any atom is 0.348 e. The Hall–Kier alpha value is -6.98. The summed E-state index contributed by atoms with van der Waals surface area (Å²) >= 11 is 0. The monoisotopic (exact) mass is 831 g/mol. The van der Waals surface area contributed by atoms with Gasteiger partial charge in [0.25, 0.3) is 29.2 Å². The maximum atomic E-state index is 12.3. The van der Waals surface area contributed by atoms with Crippen molar-refractivity contribution < 1.29 is 57.2 Å². The standard InChI is InChI=1S/C18H17N3O5.C14H16N2O3.C10H16O5/c1-2-26-18(25)13-10-19-14(20-15(13)22)8-5-9-21-16(23)11-6-3-4-7-12(11)17(21)24;1-2-19-12(15)8-5-9-16-13(17)10-6-3-4-7-11(10)14(16)18;1-4-13-7-8(9(11)14-5-2)10(12)15-6-3/h3-4,6-7,10H,2,5,8-9H2,1H3,(H,19,20,22);3-4,6-7,15H,2,5,8-9H2,1H3;7H,4-6H2,1-3H3. The van der Waals surface area contributed by atoms with E-state index in [1.807, 2.05) is 6.92 Å². The average molecular weight is 832 g/mol. The van der Waals surface area contributed by atoms with Gasteiger partial charge in [-0.1, -0.05) is 24.3 Å². The number of amides is 4. The second-order valence-electron chi connectivity index (χ2n) is 12.4. The fourth-order valence-corrected chi connectivity index (χ4v) is 5.61. The minimum Gasteiger partial charge on any atom is -0.500 e. The lowest BCUT2D eigenvalue weighted by molar-refractivity contribution is -0.146. The Labute approximate surface area is 346 Å². The molecule has 5 rings (SSSR count). The Kier molecular flexibility index (Phi) is 19.0. The molecule has 18 heteroatoms. The van der Waals surface area contributed by atoms with Crippen molar-refractivity contribution in [3.05, 3.63) is 111 Å². The van der Waals surface area contributed by atoms with Gasteiger partial charge in [0.05, 0.1) is 55.3 Å². The van der Waals surface area contributed by atoms with E-state index < -0.39 is 23.5 Å². The number of rotatable bonds is 17. The van der Waals surface area contributed by atoms with Crippen LogP contribution >= 0.6 is 0 Å². The van der Waals surface area contributed by atoms with Crippen molar-refractivity contribution in [1.82, 2.24) is 19.8 Å². The summed E-state index contributed by atoms with van der Waals surface area (Å²) in [6, 6.07) is 13.5. The van der Waals surface area contributed by atoms with E-state index in [4.69, 9.17) is 19.6 Å². The quantitative estimate of drug-likeness (QED) is 0.0222. The first-order chi connectivity index (χ1) is 28.8. The molecule has 1 aromatic heterocycles. The van der Waals surface area contributed by atoms with Crippen LogP contribution in [0.15, 0.2) is 71.4 Å². The molecule has 0 aliphatic carbocycles. The predicted molar refractivity (Wildman–Crippen MR) is 214 cm³/mol. The van der Waals surface area contributed by atoms with Gasteiger partial charge in [-0.05, 0) is 71.7 Å². The minimum atomic E-state index is -0.732. The lowest BCUT2D eigenvalue weighted by Gasteiger charge is -2.13. The summed E-state index contributed by atoms with van der Waals surface area (Å²) in [6.07, 6.45) is 4.01. The van der Waals surface area contributed by atoms with Crippen LogP contribution in [-0.2, 0) is 39.7 Å². The first-order valence-corrected chi connectivity index (χ1v) is 19.4. The number of carbonyl (C=O) groups excluding carboxylic acids is 7. The van der Waals surface area contributed by atoms with Crippen LogP contribution in [0.5, 0.6) is 0 Å². The van der Waals surface area contributed by atoms with Crippen LogP contribution in [0, 0.1) is 5.41 Å². The molecule has 2 N–H and O–H groups in total. The van der Waals surface area contributed by atoms with Gasteiger partial charge in [0.2, 0.25) is 0 Å². The van der Waals surface area contributed by atoms with E-state index >= 15 is 0 Å². The SMILES string of the molecule is CCOC(=N)CCCN1C(=O)c2ccccc2C1=O.CCOC(=O)c1cnc(CCCN2C(=O)c3ccccc3C2=O)[nH]c1=O.CCOC=C(C(=O)OCC)C(=O)OCC. The van der Waals surface area contributed by atoms with E-state index in [-0.39, 0.29) is 67.0 Å². The third-order valence-corrected chi connectivity index (χ3v) is 8.36. The Morgan fingerprint density at radius 1 is 0.650 bits per heavy atom. The minimum absolute atomic E-state index is 0.157. The van der Waals surface area contributed by atoms with Gasteiger partial charge in [-0.3, -0.25) is 39.2 Å². The first kappa shape index (κ1) is 47.4. The Balaban J connectivity index is 0.000000251. The van der Waals surface area contributed by atoms with Crippen molar-refractivity contribution >= 4 is 47.4 Å². The summed E-state index contributed by atoms with van der Waals surface area (Å²) < 4.78 is 24.0. The molecule has 3 heterocycles. The number of imide groups is 2. The summed E-state index contributed by atoms with van der Waals surface area (Å²) in [4.78, 5) is 104. The summed E-state index contributed by atoms with van der Waals surface area (Å²) in [6.45, 7) is 10.4. The van der Waals surface area contributed by atoms with Gasteiger partial charge in [0.15, 0.2) is 11.5 Å². The molecule has 18 nitrogen and oxygen atoms in total. The predicted octanol–water partition coefficient (Wildman–Crippen LogP) is 4.28. The number of aryl methyl sites for hydroxylation is 1. The smallest absolute Gasteiger partial charge is 0.348 e. The van der Waals surface area contributed by atoms with Crippen LogP contribution in [0.2, 0.25) is 0 Å². The second-order valence-corrected chi connectivity index (χ2v) is 12.4. The van der Waals surface area contributed by atoms with E-state index in [1.54, 1.807) is 76.2 Å². The van der Waals surface area contributed by atoms with Crippen LogP contribution in [-0.4, -0.2) is 113 Å². The molecule has 2 aromatic carbocycles. The first-order valence-electron chi connectivity index (χ1n) is 19.4. The zero-order chi connectivity index (χ0) is 44.2. The molecule has 0 unspecified atom stereocenters. The van der Waals surface area contributed by atoms with Gasteiger partial charge in [-0.2, -0.15) is 0 Å². The highest BCUT2D eigenvalue weighted by Crippen LogP contribution is 2.24. The molecular formula is C42H49N5O13. The van der Waals surface area contributed by atoms with Crippen molar-refractivity contribution in [3.8, 4) is 0 Å². The molecule has 320 valence electrons. The number of hydrogen-bond donors (Lipinski definition) is 2. The molecule has 60 heavy (non-hydrogen) atoms. The molecular weight excluding hydrogens is 782 g/mol. The molecule has 2 aliphatic heterocycles. The summed E-state index contributed by atoms with van der Waals surface area (Å²) in [5.74, 6) is -2.74. The van der Waals surface area contributed by atoms with Gasteiger partial charge >= 0.3 is 17.9 Å². The number of nitrogens with zero attached hydrogens (tertiary/aromatic N) is 3. The van der Waals surface area contributed by atoms with Gasteiger partial charge < -0.3 is 28.7 Å². The molecule has 4 amide bonds. The van der Waals surface area contributed by atoms with E-state index in [9.17, 15) is 38.4 Å². The topological polar surface area (TPSA) is 242 Å². The lowest BCUT2D eigenvalue weighted by Crippen LogP contribution is -2.31. The summed E-state index contributed by atoms with van der Waals surface area (Å²) in [5, 5.41) is 7.48. The number of benzene rings is 2. The third kappa shape index (κ3) is 12.8. The molecule has 0 bridgehead atoms. The van der Waals surface area contributed by atoms with Gasteiger partial charge in [0, 0.05) is 32.1 Å². The van der Waals surface area contributed by atoms with Crippen LogP contribution in [0.4, 0.5) is 0 Å². The zero-order valence-corrected chi connectivity index (χ0v) is 34.2. The maximum absolute atomic E-state index is 12.3. The van der Waals surface area contributed by atoms with Gasteiger partial charge in [-0.25, -0.2) is 19.4 Å². The fourth-order valence-electron chi connectivity index (χ4n) is 5.61. The highest BCUT2D eigenvalue weighted by Gasteiger charge is 2.35. The third-order valence-electron chi connectivity index (χ3n) is 8.36. The molecule has 0 saturated carbocycles. The number of carbonyl (C=O) groups is 7. The van der Waals surface area contributed by atoms with Crippen LogP contribution in [0.3, 0.4) is 0 Å². The normalized spacial score (nSPS) is 12.2. The van der Waals surface area contributed by atoms with Crippen LogP contribution < -0.4 is 5.56 Å². The number of hydrogen-bond acceptors (Lipinski definition) is 15. The van der Waals surface area contributed by atoms with E-state index in [0.29, 0.717) is 73.5 Å². The number of fused-ring (bicyclic) bond motifs is 2. The van der Waals surface area contributed by atoms with Crippen molar-refractivity contribution in [2.45, 2.75) is 60.3 Å². The van der Waals surface area contributed by atoms with Crippen molar-refractivity contribution in [2.75, 3.05) is 46.1 Å².